The number of aromatic nitrogens is 2. The minimum atomic E-state index is -0.0455. The van der Waals surface area contributed by atoms with Crippen LogP contribution in [0.3, 0.4) is 0 Å². The number of nitrogens with two attached hydrogens (primary N) is 1. The molecule has 14 heavy (non-hydrogen) atoms. The molecule has 0 spiro atoms. The zero-order chi connectivity index (χ0) is 10.0. The third kappa shape index (κ3) is 1.93. The minimum Gasteiger partial charge on any atom is -0.396 e. The number of hydrogen-bond donors (Lipinski definition) is 2. The van der Waals surface area contributed by atoms with Crippen LogP contribution < -0.4 is 11.1 Å². The van der Waals surface area contributed by atoms with Gasteiger partial charge in [0.15, 0.2) is 0 Å². The lowest BCUT2D eigenvalue weighted by Gasteiger charge is -2.23. The van der Waals surface area contributed by atoms with E-state index in [1.54, 1.807) is 12.4 Å². The van der Waals surface area contributed by atoms with Crippen molar-refractivity contribution in [3.8, 4) is 0 Å². The Hall–Kier alpha value is -1.36. The van der Waals surface area contributed by atoms with Gasteiger partial charge in [-0.15, -0.1) is 0 Å². The molecular weight excluding hydrogens is 180 g/mol. The first-order valence-corrected chi connectivity index (χ1v) is 4.61. The monoisotopic (exact) mass is 194 g/mol. The van der Waals surface area contributed by atoms with Gasteiger partial charge < -0.3 is 15.8 Å². The van der Waals surface area contributed by atoms with Crippen molar-refractivity contribution in [2.24, 2.45) is 0 Å². The molecule has 1 saturated heterocycles. The van der Waals surface area contributed by atoms with Crippen molar-refractivity contribution in [3.63, 3.8) is 0 Å². The summed E-state index contributed by atoms with van der Waals surface area (Å²) in [7, 11) is 0. The third-order valence-electron chi connectivity index (χ3n) is 2.30. The number of hydrogen-bond acceptors (Lipinski definition) is 5. The van der Waals surface area contributed by atoms with Crippen LogP contribution in [0.1, 0.15) is 13.3 Å². The van der Waals surface area contributed by atoms with Gasteiger partial charge in [-0.3, -0.25) is 0 Å². The van der Waals surface area contributed by atoms with E-state index in [0.29, 0.717) is 18.2 Å². The second-order valence-electron chi connectivity index (χ2n) is 3.83. The van der Waals surface area contributed by atoms with Crippen LogP contribution >= 0.6 is 0 Å². The van der Waals surface area contributed by atoms with Gasteiger partial charge >= 0.3 is 0 Å². The normalized spacial score (nSPS) is 26.4. The predicted molar refractivity (Wildman–Crippen MR) is 53.9 cm³/mol. The Morgan fingerprint density at radius 1 is 1.50 bits per heavy atom. The van der Waals surface area contributed by atoms with Crippen molar-refractivity contribution in [2.45, 2.75) is 18.9 Å². The van der Waals surface area contributed by atoms with Gasteiger partial charge in [0.2, 0.25) is 5.95 Å². The zero-order valence-corrected chi connectivity index (χ0v) is 8.16. The largest absolute Gasteiger partial charge is 0.396 e. The van der Waals surface area contributed by atoms with Crippen LogP contribution in [-0.2, 0) is 4.74 Å². The molecule has 0 aliphatic carbocycles. The number of rotatable bonds is 2. The molecule has 1 aromatic rings. The second-order valence-corrected chi connectivity index (χ2v) is 3.83. The summed E-state index contributed by atoms with van der Waals surface area (Å²) in [5, 5.41) is 3.24. The fraction of sp³-hybridized carbons (Fsp3) is 0.556. The molecule has 0 bridgehead atoms. The van der Waals surface area contributed by atoms with E-state index < -0.39 is 0 Å². The van der Waals surface area contributed by atoms with E-state index in [2.05, 4.69) is 22.2 Å². The standard InChI is InChI=1S/C9H14N4O/c1-9(2-3-14-6-9)13-8-11-4-7(10)5-12-8/h4-5H,2-3,6,10H2,1H3,(H,11,12,13). The molecule has 2 heterocycles. The number of anilines is 2. The van der Waals surface area contributed by atoms with E-state index >= 15 is 0 Å². The Morgan fingerprint density at radius 3 is 2.79 bits per heavy atom. The highest BCUT2D eigenvalue weighted by molar-refractivity contribution is 5.37. The molecule has 3 N–H and O–H groups in total. The Balaban J connectivity index is 2.06. The van der Waals surface area contributed by atoms with E-state index in [1.807, 2.05) is 0 Å². The number of ether oxygens (including phenoxy) is 1. The molecule has 5 nitrogen and oxygen atoms in total. The molecule has 1 fully saturated rings. The fourth-order valence-corrected chi connectivity index (χ4v) is 1.44. The lowest BCUT2D eigenvalue weighted by molar-refractivity contribution is 0.185. The summed E-state index contributed by atoms with van der Waals surface area (Å²) in [5.74, 6) is 0.604. The van der Waals surface area contributed by atoms with Crippen molar-refractivity contribution >= 4 is 11.6 Å². The summed E-state index contributed by atoms with van der Waals surface area (Å²) in [5.41, 5.74) is 6.02. The summed E-state index contributed by atoms with van der Waals surface area (Å²) in [6.45, 7) is 3.58. The highest BCUT2D eigenvalue weighted by Crippen LogP contribution is 2.21. The lowest BCUT2D eigenvalue weighted by Crippen LogP contribution is -2.35. The third-order valence-corrected chi connectivity index (χ3v) is 2.30. The van der Waals surface area contributed by atoms with Crippen LogP contribution in [0.15, 0.2) is 12.4 Å². The van der Waals surface area contributed by atoms with E-state index in [1.165, 1.54) is 0 Å². The number of nitrogens with zero attached hydrogens (tertiary/aromatic N) is 2. The van der Waals surface area contributed by atoms with E-state index in [9.17, 15) is 0 Å². The topological polar surface area (TPSA) is 73.1 Å². The van der Waals surface area contributed by atoms with Crippen LogP contribution in [0.2, 0.25) is 0 Å². The van der Waals surface area contributed by atoms with Gasteiger partial charge in [0.1, 0.15) is 0 Å². The Morgan fingerprint density at radius 2 is 2.21 bits per heavy atom. The molecule has 1 atom stereocenters. The number of nitrogens with one attached hydrogen (secondary N) is 1. The first-order valence-electron chi connectivity index (χ1n) is 4.61. The highest BCUT2D eigenvalue weighted by Gasteiger charge is 2.29. The molecule has 0 radical (unpaired) electrons. The molecule has 1 aliphatic rings. The summed E-state index contributed by atoms with van der Waals surface area (Å²) in [6, 6.07) is 0. The quantitative estimate of drug-likeness (QED) is 0.723. The maximum atomic E-state index is 5.49. The molecular formula is C9H14N4O. The Labute approximate surface area is 82.7 Å². The van der Waals surface area contributed by atoms with Crippen molar-refractivity contribution < 1.29 is 4.74 Å². The van der Waals surface area contributed by atoms with Crippen LogP contribution in [0.25, 0.3) is 0 Å². The zero-order valence-electron chi connectivity index (χ0n) is 8.16. The lowest BCUT2D eigenvalue weighted by atomic mass is 10.0. The molecule has 1 aliphatic heterocycles. The summed E-state index contributed by atoms with van der Waals surface area (Å²) >= 11 is 0. The number of nitrogen functional groups attached to an aromatic ring is 1. The predicted octanol–water partition coefficient (Wildman–Crippen LogP) is 0.650. The smallest absolute Gasteiger partial charge is 0.223 e. The van der Waals surface area contributed by atoms with Crippen LogP contribution in [0.5, 0.6) is 0 Å². The molecule has 0 aromatic carbocycles. The average molecular weight is 194 g/mol. The van der Waals surface area contributed by atoms with Gasteiger partial charge in [-0.25, -0.2) is 9.97 Å². The summed E-state index contributed by atoms with van der Waals surface area (Å²) in [4.78, 5) is 8.17. The maximum Gasteiger partial charge on any atom is 0.223 e. The summed E-state index contributed by atoms with van der Waals surface area (Å²) in [6.07, 6.45) is 4.16. The van der Waals surface area contributed by atoms with Gasteiger partial charge in [0.25, 0.3) is 0 Å². The second kappa shape index (κ2) is 3.42. The molecule has 1 unspecified atom stereocenters. The van der Waals surface area contributed by atoms with Crippen LogP contribution in [0, 0.1) is 0 Å². The average Bonchev–Trinajstić information content (AvgIpc) is 2.57. The Kier molecular flexibility index (Phi) is 2.25. The van der Waals surface area contributed by atoms with Crippen molar-refractivity contribution in [1.29, 1.82) is 0 Å². The van der Waals surface area contributed by atoms with Crippen molar-refractivity contribution in [3.05, 3.63) is 12.4 Å². The van der Waals surface area contributed by atoms with Gasteiger partial charge in [-0.05, 0) is 13.3 Å². The minimum absolute atomic E-state index is 0.0455. The highest BCUT2D eigenvalue weighted by atomic mass is 16.5. The van der Waals surface area contributed by atoms with Gasteiger partial charge in [0.05, 0.1) is 30.2 Å². The summed E-state index contributed by atoms with van der Waals surface area (Å²) < 4.78 is 5.31. The fourth-order valence-electron chi connectivity index (χ4n) is 1.44. The van der Waals surface area contributed by atoms with Gasteiger partial charge in [0, 0.05) is 6.61 Å². The van der Waals surface area contributed by atoms with Crippen molar-refractivity contribution in [2.75, 3.05) is 24.3 Å². The van der Waals surface area contributed by atoms with E-state index in [0.717, 1.165) is 13.0 Å². The SMILES string of the molecule is CC1(Nc2ncc(N)cn2)CCOC1. The first kappa shape index (κ1) is 9.21. The van der Waals surface area contributed by atoms with Crippen LogP contribution in [-0.4, -0.2) is 28.7 Å². The van der Waals surface area contributed by atoms with E-state index in [4.69, 9.17) is 10.5 Å². The molecule has 1 aromatic heterocycles. The molecule has 0 amide bonds. The van der Waals surface area contributed by atoms with Crippen LogP contribution in [0.4, 0.5) is 11.6 Å². The molecule has 2 rings (SSSR count). The van der Waals surface area contributed by atoms with E-state index in [-0.39, 0.29) is 5.54 Å². The van der Waals surface area contributed by atoms with Crippen molar-refractivity contribution in [1.82, 2.24) is 9.97 Å². The van der Waals surface area contributed by atoms with Gasteiger partial charge in [-0.1, -0.05) is 0 Å². The molecule has 0 saturated carbocycles. The maximum absolute atomic E-state index is 5.49. The molecule has 76 valence electrons. The van der Waals surface area contributed by atoms with Gasteiger partial charge in [-0.2, -0.15) is 0 Å². The first-order chi connectivity index (χ1) is 6.68. The Bertz CT molecular complexity index is 305. The molecule has 5 heteroatoms.